The van der Waals surface area contributed by atoms with E-state index in [4.69, 9.17) is 5.73 Å². The first-order valence-electron chi connectivity index (χ1n) is 6.92. The number of nitrogens with one attached hydrogen (secondary N) is 1. The van der Waals surface area contributed by atoms with E-state index in [9.17, 15) is 13.5 Å². The van der Waals surface area contributed by atoms with Crippen LogP contribution in [0.5, 0.6) is 0 Å². The van der Waals surface area contributed by atoms with Crippen molar-refractivity contribution in [3.8, 4) is 0 Å². The average Bonchev–Trinajstić information content (AvgIpc) is 2.41. The maximum absolute atomic E-state index is 12.2. The smallest absolute Gasteiger partial charge is 0.240 e. The van der Waals surface area contributed by atoms with Gasteiger partial charge < -0.3 is 10.8 Å². The van der Waals surface area contributed by atoms with E-state index in [-0.39, 0.29) is 11.0 Å². The molecular weight excluding hydrogens is 276 g/mol. The Morgan fingerprint density at radius 3 is 2.55 bits per heavy atom. The van der Waals surface area contributed by atoms with E-state index >= 15 is 0 Å². The largest absolute Gasteiger partial charge is 0.398 e. The van der Waals surface area contributed by atoms with Gasteiger partial charge >= 0.3 is 0 Å². The summed E-state index contributed by atoms with van der Waals surface area (Å²) < 4.78 is 27.0. The molecule has 1 aromatic carbocycles. The van der Waals surface area contributed by atoms with Crippen LogP contribution in [0.1, 0.15) is 31.2 Å². The summed E-state index contributed by atoms with van der Waals surface area (Å²) in [5.41, 5.74) is 7.10. The quantitative estimate of drug-likeness (QED) is 0.733. The molecule has 0 heterocycles. The summed E-state index contributed by atoms with van der Waals surface area (Å²) in [5.74, 6) is 0.302. The molecule has 0 atom stereocenters. The summed E-state index contributed by atoms with van der Waals surface area (Å²) in [6.07, 6.45) is 3.01. The predicted molar refractivity (Wildman–Crippen MR) is 78.7 cm³/mol. The molecule has 2 rings (SSSR count). The summed E-state index contributed by atoms with van der Waals surface area (Å²) in [4.78, 5) is 0.205. The molecule has 0 unspecified atom stereocenters. The second-order valence-electron chi connectivity index (χ2n) is 5.54. The minimum Gasteiger partial charge on any atom is -0.398 e. The number of aryl methyl sites for hydroxylation is 1. The van der Waals surface area contributed by atoms with Gasteiger partial charge in [0.05, 0.1) is 11.0 Å². The van der Waals surface area contributed by atoms with Gasteiger partial charge in [-0.1, -0.05) is 6.07 Å². The lowest BCUT2D eigenvalue weighted by molar-refractivity contribution is 0.109. The van der Waals surface area contributed by atoms with Crippen molar-refractivity contribution in [1.29, 1.82) is 0 Å². The Hall–Kier alpha value is -1.11. The van der Waals surface area contributed by atoms with Crippen LogP contribution >= 0.6 is 0 Å². The van der Waals surface area contributed by atoms with Crippen LogP contribution in [0.3, 0.4) is 0 Å². The summed E-state index contributed by atoms with van der Waals surface area (Å²) >= 11 is 0. The van der Waals surface area contributed by atoms with E-state index in [2.05, 4.69) is 4.72 Å². The van der Waals surface area contributed by atoms with Gasteiger partial charge in [-0.2, -0.15) is 0 Å². The Labute approximate surface area is 120 Å². The molecule has 1 aromatic rings. The Balaban J connectivity index is 1.98. The van der Waals surface area contributed by atoms with Gasteiger partial charge in [0.15, 0.2) is 0 Å². The molecule has 1 saturated carbocycles. The van der Waals surface area contributed by atoms with Crippen LogP contribution in [-0.2, 0) is 10.0 Å². The number of sulfonamides is 1. The number of hydrogen-bond acceptors (Lipinski definition) is 4. The van der Waals surface area contributed by atoms with Crippen LogP contribution in [0.15, 0.2) is 23.1 Å². The van der Waals surface area contributed by atoms with Crippen molar-refractivity contribution in [3.05, 3.63) is 23.8 Å². The first-order valence-corrected chi connectivity index (χ1v) is 8.40. The molecule has 0 bridgehead atoms. The number of nitrogens with two attached hydrogens (primary N) is 1. The van der Waals surface area contributed by atoms with Crippen LogP contribution < -0.4 is 10.5 Å². The van der Waals surface area contributed by atoms with Gasteiger partial charge in [-0.15, -0.1) is 0 Å². The second kappa shape index (κ2) is 6.11. The number of hydrogen-bond donors (Lipinski definition) is 3. The van der Waals surface area contributed by atoms with Gasteiger partial charge in [0.2, 0.25) is 10.0 Å². The summed E-state index contributed by atoms with van der Waals surface area (Å²) in [5, 5.41) is 9.44. The second-order valence-corrected chi connectivity index (χ2v) is 7.31. The van der Waals surface area contributed by atoms with Gasteiger partial charge in [-0.25, -0.2) is 13.1 Å². The molecule has 1 aliphatic carbocycles. The minimum absolute atomic E-state index is 0.205. The fraction of sp³-hybridized carbons (Fsp3) is 0.571. The van der Waals surface area contributed by atoms with Gasteiger partial charge in [-0.3, -0.25) is 0 Å². The molecule has 1 fully saturated rings. The van der Waals surface area contributed by atoms with Crippen LogP contribution in [0.25, 0.3) is 0 Å². The monoisotopic (exact) mass is 298 g/mol. The van der Waals surface area contributed by atoms with Gasteiger partial charge in [0.1, 0.15) is 0 Å². The Morgan fingerprint density at radius 1 is 1.30 bits per heavy atom. The predicted octanol–water partition coefficient (Wildman–Crippen LogP) is 1.41. The lowest BCUT2D eigenvalue weighted by Crippen LogP contribution is -2.32. The zero-order valence-electron chi connectivity index (χ0n) is 11.7. The Bertz CT molecular complexity index is 564. The molecule has 1 aliphatic rings. The fourth-order valence-corrected chi connectivity index (χ4v) is 3.60. The van der Waals surface area contributed by atoms with E-state index in [0.717, 1.165) is 31.2 Å². The third-order valence-corrected chi connectivity index (χ3v) is 5.36. The van der Waals surface area contributed by atoms with Gasteiger partial charge in [0, 0.05) is 12.2 Å². The van der Waals surface area contributed by atoms with Crippen LogP contribution in [-0.4, -0.2) is 26.2 Å². The third kappa shape index (κ3) is 3.71. The third-order valence-electron chi connectivity index (χ3n) is 3.94. The lowest BCUT2D eigenvalue weighted by atomic mass is 9.88. The van der Waals surface area contributed by atoms with Crippen LogP contribution in [0.2, 0.25) is 0 Å². The van der Waals surface area contributed by atoms with Crippen LogP contribution in [0.4, 0.5) is 5.69 Å². The molecule has 20 heavy (non-hydrogen) atoms. The molecular formula is C14H22N2O3S. The SMILES string of the molecule is Cc1ccc(S(=O)(=O)NCC2CCC(O)CC2)cc1N. The van der Waals surface area contributed by atoms with Crippen molar-refractivity contribution in [2.45, 2.75) is 43.6 Å². The number of rotatable bonds is 4. The number of aliphatic hydroxyl groups excluding tert-OH is 1. The highest BCUT2D eigenvalue weighted by Crippen LogP contribution is 2.24. The van der Waals surface area contributed by atoms with E-state index < -0.39 is 10.0 Å². The van der Waals surface area contributed by atoms with E-state index in [1.54, 1.807) is 12.1 Å². The maximum atomic E-state index is 12.2. The van der Waals surface area contributed by atoms with Gasteiger partial charge in [0.25, 0.3) is 0 Å². The molecule has 6 heteroatoms. The Kier molecular flexibility index (Phi) is 4.67. The van der Waals surface area contributed by atoms with Crippen molar-refractivity contribution in [2.24, 2.45) is 5.92 Å². The normalized spacial score (nSPS) is 23.7. The molecule has 0 radical (unpaired) electrons. The number of anilines is 1. The average molecular weight is 298 g/mol. The molecule has 0 aromatic heterocycles. The van der Waals surface area contributed by atoms with Crippen LogP contribution in [0, 0.1) is 12.8 Å². The molecule has 5 nitrogen and oxygen atoms in total. The number of nitrogen functional groups attached to an aromatic ring is 1. The number of benzene rings is 1. The van der Waals surface area contributed by atoms with Gasteiger partial charge in [-0.05, 0) is 56.2 Å². The highest BCUT2D eigenvalue weighted by molar-refractivity contribution is 7.89. The molecule has 0 amide bonds. The van der Waals surface area contributed by atoms with E-state index in [1.165, 1.54) is 6.07 Å². The van der Waals surface area contributed by atoms with E-state index in [0.29, 0.717) is 18.2 Å². The topological polar surface area (TPSA) is 92.4 Å². The van der Waals surface area contributed by atoms with Crippen molar-refractivity contribution in [3.63, 3.8) is 0 Å². The zero-order valence-corrected chi connectivity index (χ0v) is 12.5. The lowest BCUT2D eigenvalue weighted by Gasteiger charge is -2.25. The highest BCUT2D eigenvalue weighted by atomic mass is 32.2. The van der Waals surface area contributed by atoms with Crippen molar-refractivity contribution in [1.82, 2.24) is 4.72 Å². The molecule has 4 N–H and O–H groups in total. The van der Waals surface area contributed by atoms with E-state index in [1.807, 2.05) is 6.92 Å². The minimum atomic E-state index is -3.50. The number of aliphatic hydroxyl groups is 1. The summed E-state index contributed by atoms with van der Waals surface area (Å²) in [7, 11) is -3.50. The molecule has 112 valence electrons. The molecule has 0 spiro atoms. The van der Waals surface area contributed by atoms with Crippen molar-refractivity contribution < 1.29 is 13.5 Å². The fourth-order valence-electron chi connectivity index (χ4n) is 2.45. The molecule has 0 saturated heterocycles. The standard InChI is InChI=1S/C14H22N2O3S/c1-10-2-7-13(8-14(10)15)20(18,19)16-9-11-3-5-12(17)6-4-11/h2,7-8,11-12,16-17H,3-6,9,15H2,1H3. The zero-order chi connectivity index (χ0) is 14.8. The first-order chi connectivity index (χ1) is 9.38. The maximum Gasteiger partial charge on any atom is 0.240 e. The molecule has 0 aliphatic heterocycles. The van der Waals surface area contributed by atoms with Crippen molar-refractivity contribution in [2.75, 3.05) is 12.3 Å². The van der Waals surface area contributed by atoms with Crippen molar-refractivity contribution >= 4 is 15.7 Å². The summed E-state index contributed by atoms with van der Waals surface area (Å²) in [6, 6.07) is 4.77. The summed E-state index contributed by atoms with van der Waals surface area (Å²) in [6.45, 7) is 2.26. The first kappa shape index (κ1) is 15.3. The highest BCUT2D eigenvalue weighted by Gasteiger charge is 2.22. The Morgan fingerprint density at radius 2 is 1.95 bits per heavy atom.